The third-order valence-corrected chi connectivity index (χ3v) is 3.11. The van der Waals surface area contributed by atoms with Crippen LogP contribution in [0.1, 0.15) is 43.9 Å². The summed E-state index contributed by atoms with van der Waals surface area (Å²) in [5.74, 6) is 1.51. The molecule has 0 spiro atoms. The highest BCUT2D eigenvalue weighted by Crippen LogP contribution is 2.33. The minimum absolute atomic E-state index is 0.0803. The molecule has 1 N–H and O–H groups in total. The van der Waals surface area contributed by atoms with Gasteiger partial charge in [0.15, 0.2) is 0 Å². The van der Waals surface area contributed by atoms with Crippen molar-refractivity contribution < 1.29 is 14.4 Å². The number of ether oxygens (including phenoxy) is 1. The molecular formula is C16H21NO3. The van der Waals surface area contributed by atoms with Gasteiger partial charge >= 0.3 is 0 Å². The maximum Gasteiger partial charge on any atom is 0.141 e. The third kappa shape index (κ3) is 3.02. The molecule has 1 aromatic carbocycles. The summed E-state index contributed by atoms with van der Waals surface area (Å²) in [5.41, 5.74) is 3.57. The fourth-order valence-electron chi connectivity index (χ4n) is 2.24. The lowest BCUT2D eigenvalue weighted by Crippen LogP contribution is -2.06. The highest BCUT2D eigenvalue weighted by Gasteiger charge is 2.15. The second-order valence-corrected chi connectivity index (χ2v) is 5.33. The Balaban J connectivity index is 2.55. The molecule has 1 unspecified atom stereocenters. The Bertz CT molecular complexity index is 580. The molecule has 4 nitrogen and oxygen atoms in total. The summed E-state index contributed by atoms with van der Waals surface area (Å²) in [6, 6.07) is 5.77. The normalized spacial score (nSPS) is 12.8. The van der Waals surface area contributed by atoms with Gasteiger partial charge in [0, 0.05) is 5.56 Å². The summed E-state index contributed by atoms with van der Waals surface area (Å²) in [5, 5.41) is 13.8. The first-order chi connectivity index (χ1) is 9.38. The lowest BCUT2D eigenvalue weighted by atomic mass is 9.99. The second-order valence-electron chi connectivity index (χ2n) is 5.33. The number of rotatable bonds is 4. The Kier molecular flexibility index (Phi) is 4.14. The molecule has 0 aliphatic heterocycles. The molecule has 0 saturated heterocycles. The number of aromatic nitrogens is 1. The minimum Gasteiger partial charge on any atom is -0.491 e. The molecule has 0 saturated carbocycles. The van der Waals surface area contributed by atoms with E-state index in [9.17, 15) is 5.11 Å². The van der Waals surface area contributed by atoms with Gasteiger partial charge in [0.05, 0.1) is 17.9 Å². The molecule has 20 heavy (non-hydrogen) atoms. The molecular weight excluding hydrogens is 254 g/mol. The van der Waals surface area contributed by atoms with E-state index in [-0.39, 0.29) is 6.10 Å². The monoisotopic (exact) mass is 275 g/mol. The van der Waals surface area contributed by atoms with Crippen molar-refractivity contribution in [1.82, 2.24) is 5.16 Å². The number of nitrogens with zero attached hydrogens (tertiary/aromatic N) is 1. The van der Waals surface area contributed by atoms with Crippen molar-refractivity contribution >= 4 is 0 Å². The van der Waals surface area contributed by atoms with Crippen LogP contribution < -0.4 is 4.74 Å². The van der Waals surface area contributed by atoms with Crippen LogP contribution >= 0.6 is 0 Å². The van der Waals surface area contributed by atoms with E-state index in [0.29, 0.717) is 0 Å². The van der Waals surface area contributed by atoms with Crippen LogP contribution in [0.5, 0.6) is 5.75 Å². The first-order valence-electron chi connectivity index (χ1n) is 6.81. The topological polar surface area (TPSA) is 55.5 Å². The highest BCUT2D eigenvalue weighted by molar-refractivity contribution is 5.70. The zero-order valence-corrected chi connectivity index (χ0v) is 12.6. The second kappa shape index (κ2) is 5.67. The SMILES string of the molecule is Cc1noc(C)c1-c1cc(OC(C)C)cc(C(C)O)c1. The number of aliphatic hydroxyl groups excluding tert-OH is 1. The van der Waals surface area contributed by atoms with Crippen LogP contribution in [-0.4, -0.2) is 16.4 Å². The van der Waals surface area contributed by atoms with E-state index < -0.39 is 6.10 Å². The number of aliphatic hydroxyl groups is 1. The van der Waals surface area contributed by atoms with E-state index in [1.165, 1.54) is 0 Å². The van der Waals surface area contributed by atoms with Crippen LogP contribution in [0.4, 0.5) is 0 Å². The van der Waals surface area contributed by atoms with Crippen molar-refractivity contribution in [2.45, 2.75) is 46.8 Å². The molecule has 108 valence electrons. The fourth-order valence-corrected chi connectivity index (χ4v) is 2.24. The Morgan fingerprint density at radius 2 is 1.85 bits per heavy atom. The van der Waals surface area contributed by atoms with Gasteiger partial charge in [0.2, 0.25) is 0 Å². The van der Waals surface area contributed by atoms with Gasteiger partial charge in [-0.1, -0.05) is 5.16 Å². The largest absolute Gasteiger partial charge is 0.491 e. The van der Waals surface area contributed by atoms with Gasteiger partial charge in [-0.15, -0.1) is 0 Å². The molecule has 1 atom stereocenters. The lowest BCUT2D eigenvalue weighted by molar-refractivity contribution is 0.197. The van der Waals surface area contributed by atoms with Crippen LogP contribution in [0.2, 0.25) is 0 Å². The lowest BCUT2D eigenvalue weighted by Gasteiger charge is -2.14. The summed E-state index contributed by atoms with van der Waals surface area (Å²) in [6.07, 6.45) is -0.471. The van der Waals surface area contributed by atoms with Crippen molar-refractivity contribution in [3.8, 4) is 16.9 Å². The Morgan fingerprint density at radius 1 is 1.15 bits per heavy atom. The van der Waals surface area contributed by atoms with Gasteiger partial charge in [0.1, 0.15) is 11.5 Å². The molecule has 0 aliphatic rings. The van der Waals surface area contributed by atoms with Crippen LogP contribution in [0, 0.1) is 13.8 Å². The number of hydrogen-bond donors (Lipinski definition) is 1. The Hall–Kier alpha value is -1.81. The van der Waals surface area contributed by atoms with Crippen molar-refractivity contribution in [2.24, 2.45) is 0 Å². The van der Waals surface area contributed by atoms with E-state index in [4.69, 9.17) is 9.26 Å². The Labute approximate surface area is 119 Å². The zero-order valence-electron chi connectivity index (χ0n) is 12.6. The number of benzene rings is 1. The van der Waals surface area contributed by atoms with Crippen molar-refractivity contribution in [3.05, 3.63) is 35.2 Å². The molecule has 0 amide bonds. The van der Waals surface area contributed by atoms with Crippen LogP contribution in [-0.2, 0) is 0 Å². The summed E-state index contributed by atoms with van der Waals surface area (Å²) in [7, 11) is 0. The van der Waals surface area contributed by atoms with Crippen LogP contribution in [0.25, 0.3) is 11.1 Å². The fraction of sp³-hybridized carbons (Fsp3) is 0.438. The number of aryl methyl sites for hydroxylation is 2. The smallest absolute Gasteiger partial charge is 0.141 e. The van der Waals surface area contributed by atoms with Crippen molar-refractivity contribution in [3.63, 3.8) is 0 Å². The average Bonchev–Trinajstić information content (AvgIpc) is 2.67. The maximum absolute atomic E-state index is 9.85. The molecule has 2 aromatic rings. The minimum atomic E-state index is -0.551. The van der Waals surface area contributed by atoms with Gasteiger partial charge in [-0.3, -0.25) is 0 Å². The zero-order chi connectivity index (χ0) is 14.9. The molecule has 1 aromatic heterocycles. The first-order valence-corrected chi connectivity index (χ1v) is 6.81. The number of hydrogen-bond acceptors (Lipinski definition) is 4. The van der Waals surface area contributed by atoms with Crippen LogP contribution in [0.3, 0.4) is 0 Å². The predicted molar refractivity (Wildman–Crippen MR) is 77.8 cm³/mol. The van der Waals surface area contributed by atoms with Crippen molar-refractivity contribution in [1.29, 1.82) is 0 Å². The molecule has 0 bridgehead atoms. The summed E-state index contributed by atoms with van der Waals surface area (Å²) >= 11 is 0. The van der Waals surface area contributed by atoms with Gasteiger partial charge in [-0.25, -0.2) is 0 Å². The van der Waals surface area contributed by atoms with E-state index >= 15 is 0 Å². The van der Waals surface area contributed by atoms with E-state index in [1.807, 2.05) is 45.9 Å². The third-order valence-electron chi connectivity index (χ3n) is 3.11. The summed E-state index contributed by atoms with van der Waals surface area (Å²) < 4.78 is 11.0. The van der Waals surface area contributed by atoms with Crippen molar-refractivity contribution in [2.75, 3.05) is 0 Å². The summed E-state index contributed by atoms with van der Waals surface area (Å²) in [4.78, 5) is 0. The maximum atomic E-state index is 9.85. The molecule has 2 rings (SSSR count). The Morgan fingerprint density at radius 3 is 2.35 bits per heavy atom. The van der Waals surface area contributed by atoms with Gasteiger partial charge in [0.25, 0.3) is 0 Å². The van der Waals surface area contributed by atoms with Gasteiger partial charge in [-0.2, -0.15) is 0 Å². The standard InChI is InChI=1S/C16H21NO3/c1-9(2)19-15-7-13(11(4)18)6-14(8-15)16-10(3)17-20-12(16)5/h6-9,11,18H,1-5H3. The molecule has 0 fully saturated rings. The molecule has 4 heteroatoms. The molecule has 1 heterocycles. The van der Waals surface area contributed by atoms with E-state index in [1.54, 1.807) is 6.92 Å². The quantitative estimate of drug-likeness (QED) is 0.922. The highest BCUT2D eigenvalue weighted by atomic mass is 16.5. The van der Waals surface area contributed by atoms with E-state index in [0.717, 1.165) is 33.9 Å². The van der Waals surface area contributed by atoms with E-state index in [2.05, 4.69) is 5.16 Å². The first kappa shape index (κ1) is 14.6. The summed E-state index contributed by atoms with van der Waals surface area (Å²) in [6.45, 7) is 9.48. The average molecular weight is 275 g/mol. The molecule has 0 radical (unpaired) electrons. The van der Waals surface area contributed by atoms with Crippen LogP contribution in [0.15, 0.2) is 22.7 Å². The molecule has 0 aliphatic carbocycles. The predicted octanol–water partition coefficient (Wildman–Crippen LogP) is 3.80. The van der Waals surface area contributed by atoms with Gasteiger partial charge in [-0.05, 0) is 63.9 Å². The van der Waals surface area contributed by atoms with Gasteiger partial charge < -0.3 is 14.4 Å².